The largest absolute Gasteiger partial charge is 0.348 e. The monoisotopic (exact) mass is 413 g/mol. The van der Waals surface area contributed by atoms with E-state index >= 15 is 0 Å². The van der Waals surface area contributed by atoms with Gasteiger partial charge in [-0.05, 0) is 80.4 Å². The van der Waals surface area contributed by atoms with Gasteiger partial charge in [-0.2, -0.15) is 0 Å². The van der Waals surface area contributed by atoms with E-state index in [0.717, 1.165) is 36.1 Å². The number of imidazole rings is 1. The van der Waals surface area contributed by atoms with Crippen LogP contribution in [-0.2, 0) is 23.8 Å². The third-order valence-corrected chi connectivity index (χ3v) is 8.49. The number of amides is 1. The highest BCUT2D eigenvalue weighted by atomic mass is 16.2. The number of aromatic nitrogens is 2. The summed E-state index contributed by atoms with van der Waals surface area (Å²) in [5.41, 5.74) is 4.84. The molecule has 4 aliphatic carbocycles. The maximum Gasteiger partial charge on any atom is 0.226 e. The van der Waals surface area contributed by atoms with Crippen LogP contribution in [0.3, 0.4) is 0 Å². The number of aryl methyl sites for hydroxylation is 2. The normalized spacial score (nSPS) is 31.3. The Morgan fingerprint density at radius 2 is 1.77 bits per heavy atom. The first-order chi connectivity index (χ1) is 15.0. The van der Waals surface area contributed by atoms with E-state index in [9.17, 15) is 4.79 Å². The van der Waals surface area contributed by atoms with Crippen LogP contribution in [0.1, 0.15) is 55.5 Å². The van der Waals surface area contributed by atoms with Gasteiger partial charge in [0.15, 0.2) is 0 Å². The summed E-state index contributed by atoms with van der Waals surface area (Å²) in [6.45, 7) is 2.65. The molecule has 1 amide bonds. The van der Waals surface area contributed by atoms with Crippen LogP contribution in [0.4, 0.5) is 0 Å². The fourth-order valence-corrected chi connectivity index (χ4v) is 7.47. The van der Waals surface area contributed by atoms with Gasteiger partial charge in [-0.1, -0.05) is 42.0 Å². The van der Waals surface area contributed by atoms with E-state index in [2.05, 4.69) is 47.1 Å². The first-order valence-electron chi connectivity index (χ1n) is 11.7. The topological polar surface area (TPSA) is 46.9 Å². The van der Waals surface area contributed by atoms with Crippen LogP contribution in [0.2, 0.25) is 0 Å². The Kier molecular flexibility index (Phi) is 4.12. The summed E-state index contributed by atoms with van der Waals surface area (Å²) in [6.07, 6.45) is 6.95. The highest BCUT2D eigenvalue weighted by molar-refractivity contribution is 5.83. The Bertz CT molecular complexity index is 1140. The van der Waals surface area contributed by atoms with E-state index in [-0.39, 0.29) is 16.7 Å². The fraction of sp³-hybridized carbons (Fsp3) is 0.481. The number of rotatable bonds is 4. The molecule has 4 bridgehead atoms. The quantitative estimate of drug-likeness (QED) is 0.652. The molecule has 1 aromatic heterocycles. The van der Waals surface area contributed by atoms with Gasteiger partial charge in [-0.25, -0.2) is 4.98 Å². The number of benzene rings is 2. The summed E-state index contributed by atoms with van der Waals surface area (Å²) in [4.78, 5) is 18.4. The lowest BCUT2D eigenvalue weighted by Gasteiger charge is -2.61. The molecule has 0 spiro atoms. The first kappa shape index (κ1) is 19.1. The van der Waals surface area contributed by atoms with Crippen molar-refractivity contribution >= 4 is 16.9 Å². The summed E-state index contributed by atoms with van der Waals surface area (Å²) in [6, 6.07) is 17.3. The zero-order valence-corrected chi connectivity index (χ0v) is 18.5. The number of fused-ring (bicyclic) bond motifs is 1. The van der Waals surface area contributed by atoms with Crippen molar-refractivity contribution in [1.82, 2.24) is 14.9 Å². The molecule has 2 unspecified atom stereocenters. The van der Waals surface area contributed by atoms with Crippen LogP contribution in [0.25, 0.3) is 11.0 Å². The van der Waals surface area contributed by atoms with E-state index < -0.39 is 0 Å². The maximum atomic E-state index is 13.7. The molecule has 0 aliphatic heterocycles. The van der Waals surface area contributed by atoms with Gasteiger partial charge in [0.25, 0.3) is 0 Å². The summed E-state index contributed by atoms with van der Waals surface area (Å²) in [5, 5.41) is 3.31. The average Bonchev–Trinajstić information content (AvgIpc) is 3.07. The van der Waals surface area contributed by atoms with E-state index in [4.69, 9.17) is 4.98 Å². The lowest BCUT2D eigenvalue weighted by Crippen LogP contribution is -2.59. The molecular weight excluding hydrogens is 382 g/mol. The molecular formula is C27H31N3O. The van der Waals surface area contributed by atoms with Gasteiger partial charge in [-0.3, -0.25) is 4.79 Å². The Labute approximate surface area is 184 Å². The molecule has 3 aromatic rings. The molecule has 4 saturated carbocycles. The molecule has 4 heteroatoms. The van der Waals surface area contributed by atoms with Crippen molar-refractivity contribution in [3.05, 3.63) is 65.5 Å². The van der Waals surface area contributed by atoms with Crippen LogP contribution < -0.4 is 5.32 Å². The molecule has 2 aromatic carbocycles. The van der Waals surface area contributed by atoms with Gasteiger partial charge in [0.1, 0.15) is 5.82 Å². The number of nitrogens with one attached hydrogen (secondary N) is 1. The second-order valence-electron chi connectivity index (χ2n) is 10.6. The van der Waals surface area contributed by atoms with Gasteiger partial charge in [-0.15, -0.1) is 0 Å². The number of hydrogen-bond donors (Lipinski definition) is 1. The molecule has 160 valence electrons. The van der Waals surface area contributed by atoms with Crippen molar-refractivity contribution in [1.29, 1.82) is 0 Å². The van der Waals surface area contributed by atoms with Crippen molar-refractivity contribution in [2.75, 3.05) is 0 Å². The fourth-order valence-electron chi connectivity index (χ4n) is 7.47. The Hall–Kier alpha value is -2.62. The zero-order valence-electron chi connectivity index (χ0n) is 18.5. The molecule has 4 fully saturated rings. The van der Waals surface area contributed by atoms with Crippen molar-refractivity contribution in [3.8, 4) is 0 Å². The summed E-state index contributed by atoms with van der Waals surface area (Å²) in [5.74, 6) is 2.55. The molecule has 1 heterocycles. The summed E-state index contributed by atoms with van der Waals surface area (Å²) < 4.78 is 2.10. The molecule has 4 nitrogen and oxygen atoms in total. The van der Waals surface area contributed by atoms with E-state index in [0.29, 0.717) is 18.4 Å². The molecule has 1 N–H and O–H groups in total. The second-order valence-corrected chi connectivity index (χ2v) is 10.6. The predicted molar refractivity (Wildman–Crippen MR) is 123 cm³/mol. The van der Waals surface area contributed by atoms with Gasteiger partial charge in [0.2, 0.25) is 5.91 Å². The van der Waals surface area contributed by atoms with Gasteiger partial charge in [0.05, 0.1) is 23.0 Å². The summed E-state index contributed by atoms with van der Waals surface area (Å²) >= 11 is 0. The highest BCUT2D eigenvalue weighted by Gasteiger charge is 2.60. The van der Waals surface area contributed by atoms with Crippen LogP contribution in [0.15, 0.2) is 48.5 Å². The van der Waals surface area contributed by atoms with E-state index in [1.807, 2.05) is 25.2 Å². The highest BCUT2D eigenvalue weighted by Crippen LogP contribution is 2.65. The molecule has 7 rings (SSSR count). The zero-order chi connectivity index (χ0) is 21.2. The lowest BCUT2D eigenvalue weighted by atomic mass is 9.42. The standard InChI is InChI=1S/C27H31N3O/c1-18-7-9-21(10-8-18)26-12-19-11-20(13-26)15-27(14-19,17-26)25(31)28-16-24-29-22-5-3-4-6-23(22)30(24)2/h3-10,19-20H,11-17H2,1-2H3,(H,28,31). The number of nitrogens with zero attached hydrogens (tertiary/aromatic N) is 2. The first-order valence-corrected chi connectivity index (χ1v) is 11.7. The molecule has 4 aliphatic rings. The second kappa shape index (κ2) is 6.69. The van der Waals surface area contributed by atoms with Crippen LogP contribution in [-0.4, -0.2) is 15.5 Å². The van der Waals surface area contributed by atoms with Crippen LogP contribution in [0.5, 0.6) is 0 Å². The third-order valence-electron chi connectivity index (χ3n) is 8.49. The third kappa shape index (κ3) is 2.95. The van der Waals surface area contributed by atoms with Gasteiger partial charge >= 0.3 is 0 Å². The predicted octanol–water partition coefficient (Wildman–Crippen LogP) is 5.04. The Morgan fingerprint density at radius 1 is 1.06 bits per heavy atom. The van der Waals surface area contributed by atoms with Gasteiger partial charge < -0.3 is 9.88 Å². The number of hydrogen-bond acceptors (Lipinski definition) is 2. The molecule has 2 atom stereocenters. The SMILES string of the molecule is Cc1ccc(C23CC4CC(CC(C(=O)NCc5nc6ccccc6n5C)(C4)C2)C3)cc1. The lowest BCUT2D eigenvalue weighted by molar-refractivity contribution is -0.149. The molecule has 0 radical (unpaired) electrons. The van der Waals surface area contributed by atoms with E-state index in [1.54, 1.807) is 0 Å². The minimum Gasteiger partial charge on any atom is -0.348 e. The van der Waals surface area contributed by atoms with Gasteiger partial charge in [0, 0.05) is 7.05 Å². The van der Waals surface area contributed by atoms with Crippen molar-refractivity contribution < 1.29 is 4.79 Å². The number of carbonyl (C=O) groups is 1. The van der Waals surface area contributed by atoms with E-state index in [1.165, 1.54) is 30.4 Å². The van der Waals surface area contributed by atoms with Crippen molar-refractivity contribution in [3.63, 3.8) is 0 Å². The molecule has 0 saturated heterocycles. The minimum atomic E-state index is -0.209. The number of carbonyl (C=O) groups excluding carboxylic acids is 1. The van der Waals surface area contributed by atoms with Crippen LogP contribution in [0, 0.1) is 24.2 Å². The smallest absolute Gasteiger partial charge is 0.226 e. The average molecular weight is 414 g/mol. The van der Waals surface area contributed by atoms with Crippen molar-refractivity contribution in [2.24, 2.45) is 24.3 Å². The molecule has 31 heavy (non-hydrogen) atoms. The van der Waals surface area contributed by atoms with Crippen molar-refractivity contribution in [2.45, 2.75) is 57.4 Å². The maximum absolute atomic E-state index is 13.7. The Balaban J connectivity index is 1.27. The Morgan fingerprint density at radius 3 is 2.48 bits per heavy atom. The van der Waals surface area contributed by atoms with Crippen LogP contribution >= 0.6 is 0 Å². The summed E-state index contributed by atoms with van der Waals surface area (Å²) in [7, 11) is 2.04. The number of para-hydroxylation sites is 2. The minimum absolute atomic E-state index is 0.188.